The Hall–Kier alpha value is -7.44. The largest absolute Gasteiger partial charge is 0.456 e. The Morgan fingerprint density at radius 3 is 1.57 bits per heavy atom. The van der Waals surface area contributed by atoms with E-state index in [-0.39, 0.29) is 0 Å². The van der Waals surface area contributed by atoms with Crippen LogP contribution >= 0.6 is 0 Å². The molecule has 3 heterocycles. The van der Waals surface area contributed by atoms with Crippen molar-refractivity contribution in [3.63, 3.8) is 0 Å². The van der Waals surface area contributed by atoms with Gasteiger partial charge in [0.15, 0.2) is 23.0 Å². The normalized spacial score (nSPS) is 12.0. The summed E-state index contributed by atoms with van der Waals surface area (Å²) in [4.78, 5) is 4.46. The maximum atomic E-state index is 6.79. The Bertz CT molecular complexity index is 3020. The summed E-state index contributed by atoms with van der Waals surface area (Å²) in [6.07, 6.45) is 0. The van der Waals surface area contributed by atoms with Crippen molar-refractivity contribution in [3.8, 4) is 23.0 Å². The topological polar surface area (TPSA) is 51.2 Å². The fraction of sp³-hybridized carbons (Fsp3) is 0. The van der Waals surface area contributed by atoms with Gasteiger partial charge in [0, 0.05) is 56.4 Å². The number of para-hydroxylation sites is 6. The maximum absolute atomic E-state index is 6.79. The summed E-state index contributed by atoms with van der Waals surface area (Å²) >= 11 is 0. The first-order valence-corrected chi connectivity index (χ1v) is 17.9. The third-order valence-electron chi connectivity index (χ3n) is 10.1. The zero-order chi connectivity index (χ0) is 35.6. The molecule has 0 spiro atoms. The van der Waals surface area contributed by atoms with Crippen molar-refractivity contribution < 1.29 is 18.3 Å². The first kappa shape index (κ1) is 30.2. The molecule has 6 nitrogen and oxygen atoms in total. The van der Waals surface area contributed by atoms with Crippen LogP contribution in [0.5, 0.6) is 23.0 Å². The number of fused-ring (bicyclic) bond motifs is 8. The van der Waals surface area contributed by atoms with E-state index in [1.807, 2.05) is 78.9 Å². The Balaban J connectivity index is 1.17. The van der Waals surface area contributed by atoms with E-state index in [0.717, 1.165) is 78.0 Å². The van der Waals surface area contributed by atoms with Gasteiger partial charge in [-0.15, -0.1) is 0 Å². The van der Waals surface area contributed by atoms with Gasteiger partial charge in [-0.3, -0.25) is 0 Å². The molecule has 256 valence electrons. The predicted octanol–water partition coefficient (Wildman–Crippen LogP) is 14.3. The number of anilines is 6. The highest BCUT2D eigenvalue weighted by molar-refractivity contribution is 6.08. The van der Waals surface area contributed by atoms with Crippen molar-refractivity contribution in [1.82, 2.24) is 0 Å². The summed E-state index contributed by atoms with van der Waals surface area (Å²) in [5.41, 5.74) is 8.85. The number of benzene rings is 8. The highest BCUT2D eigenvalue weighted by Crippen LogP contribution is 2.55. The van der Waals surface area contributed by atoms with Gasteiger partial charge >= 0.3 is 0 Å². The second kappa shape index (κ2) is 12.1. The summed E-state index contributed by atoms with van der Waals surface area (Å²) in [5, 5.41) is 4.25. The summed E-state index contributed by atoms with van der Waals surface area (Å²) in [7, 11) is 0. The molecule has 0 amide bonds. The first-order valence-electron chi connectivity index (χ1n) is 17.9. The van der Waals surface area contributed by atoms with E-state index < -0.39 is 0 Å². The molecule has 0 aliphatic carbocycles. The summed E-state index contributed by atoms with van der Waals surface area (Å²) in [5.74, 6) is 2.51. The van der Waals surface area contributed by atoms with Gasteiger partial charge in [0.05, 0.1) is 11.4 Å². The average molecular weight is 699 g/mol. The number of ether oxygens (including phenoxy) is 2. The summed E-state index contributed by atoms with van der Waals surface area (Å²) in [6.45, 7) is 0. The number of rotatable bonds is 6. The van der Waals surface area contributed by atoms with Crippen molar-refractivity contribution in [3.05, 3.63) is 182 Å². The van der Waals surface area contributed by atoms with E-state index in [2.05, 4.69) is 113 Å². The van der Waals surface area contributed by atoms with E-state index in [0.29, 0.717) is 23.0 Å². The molecular formula is C48H30N2O4. The number of hydrogen-bond donors (Lipinski definition) is 0. The number of hydrogen-bond acceptors (Lipinski definition) is 6. The molecule has 0 atom stereocenters. The highest BCUT2D eigenvalue weighted by Gasteiger charge is 2.29. The van der Waals surface area contributed by atoms with Gasteiger partial charge in [-0.1, -0.05) is 84.9 Å². The molecule has 2 aromatic heterocycles. The maximum Gasteiger partial charge on any atom is 0.194 e. The van der Waals surface area contributed by atoms with Gasteiger partial charge in [-0.05, 0) is 84.9 Å². The highest BCUT2D eigenvalue weighted by atomic mass is 16.6. The lowest BCUT2D eigenvalue weighted by Crippen LogP contribution is -2.15. The van der Waals surface area contributed by atoms with Gasteiger partial charge in [0.1, 0.15) is 22.3 Å². The molecule has 0 unspecified atom stereocenters. The quantitative estimate of drug-likeness (QED) is 0.172. The monoisotopic (exact) mass is 698 g/mol. The average Bonchev–Trinajstić information content (AvgIpc) is 3.79. The molecule has 0 fully saturated rings. The van der Waals surface area contributed by atoms with E-state index in [1.54, 1.807) is 0 Å². The van der Waals surface area contributed by atoms with E-state index >= 15 is 0 Å². The zero-order valence-electron chi connectivity index (χ0n) is 28.8. The molecule has 11 rings (SSSR count). The smallest absolute Gasteiger partial charge is 0.194 e. The van der Waals surface area contributed by atoms with E-state index in [9.17, 15) is 0 Å². The number of nitrogens with zero attached hydrogens (tertiary/aromatic N) is 2. The standard InChI is InChI=1S/C48H30N2O4/c1-3-13-31(14-4-1)49(34-23-25-38-36-17-7-9-19-41(36)52-46(38)29-34)35-28-40(48-47(30-35)53-44-21-11-12-22-45(44)54-48)50(32-15-5-2-6-16-32)33-24-26-43-39(27-33)37-18-8-10-20-42(37)51-43/h1-30H. The minimum absolute atomic E-state index is 0.600. The van der Waals surface area contributed by atoms with Crippen molar-refractivity contribution in [2.75, 3.05) is 9.80 Å². The van der Waals surface area contributed by atoms with Crippen LogP contribution in [0.1, 0.15) is 0 Å². The fourth-order valence-electron chi connectivity index (χ4n) is 7.63. The van der Waals surface area contributed by atoms with Crippen LogP contribution in [0.15, 0.2) is 191 Å². The predicted molar refractivity (Wildman–Crippen MR) is 217 cm³/mol. The molecule has 8 aromatic carbocycles. The fourth-order valence-corrected chi connectivity index (χ4v) is 7.63. The van der Waals surface area contributed by atoms with Crippen LogP contribution in [0, 0.1) is 0 Å². The van der Waals surface area contributed by atoms with Gasteiger partial charge in [-0.25, -0.2) is 0 Å². The molecule has 1 aliphatic rings. The van der Waals surface area contributed by atoms with Crippen molar-refractivity contribution in [2.24, 2.45) is 0 Å². The molecular weight excluding hydrogens is 669 g/mol. The van der Waals surface area contributed by atoms with Gasteiger partial charge in [-0.2, -0.15) is 0 Å². The summed E-state index contributed by atoms with van der Waals surface area (Å²) < 4.78 is 26.2. The third kappa shape index (κ3) is 4.89. The molecule has 0 bridgehead atoms. The minimum atomic E-state index is 0.600. The van der Waals surface area contributed by atoms with Crippen molar-refractivity contribution >= 4 is 78.0 Å². The van der Waals surface area contributed by atoms with E-state index in [4.69, 9.17) is 18.3 Å². The van der Waals surface area contributed by atoms with Gasteiger partial charge in [0.25, 0.3) is 0 Å². The van der Waals surface area contributed by atoms with E-state index in [1.165, 1.54) is 0 Å². The Kier molecular flexibility index (Phi) is 6.75. The lowest BCUT2D eigenvalue weighted by atomic mass is 10.1. The van der Waals surface area contributed by atoms with Crippen LogP contribution in [0.3, 0.4) is 0 Å². The Morgan fingerprint density at radius 1 is 0.296 bits per heavy atom. The number of furan rings is 2. The molecule has 0 radical (unpaired) electrons. The third-order valence-corrected chi connectivity index (χ3v) is 10.1. The van der Waals surface area contributed by atoms with Crippen LogP contribution in [0.25, 0.3) is 43.9 Å². The van der Waals surface area contributed by atoms with Gasteiger partial charge < -0.3 is 28.1 Å². The molecule has 0 saturated carbocycles. The van der Waals surface area contributed by atoms with Gasteiger partial charge in [0.2, 0.25) is 0 Å². The van der Waals surface area contributed by atoms with Crippen molar-refractivity contribution in [1.29, 1.82) is 0 Å². The zero-order valence-corrected chi connectivity index (χ0v) is 28.8. The second-order valence-corrected chi connectivity index (χ2v) is 13.3. The molecule has 6 heteroatoms. The minimum Gasteiger partial charge on any atom is -0.456 e. The SMILES string of the molecule is c1ccc(N(c2cc3c(c(N(c4ccccc4)c4ccc5oc6ccccc6c5c4)c2)Oc2ccccc2O3)c2ccc3c(c2)oc2ccccc23)cc1. The molecule has 0 saturated heterocycles. The van der Waals surface area contributed by atoms with Crippen molar-refractivity contribution in [2.45, 2.75) is 0 Å². The lowest BCUT2D eigenvalue weighted by Gasteiger charge is -2.33. The van der Waals surface area contributed by atoms with Crippen LogP contribution in [0.2, 0.25) is 0 Å². The molecule has 1 aliphatic heterocycles. The molecule has 54 heavy (non-hydrogen) atoms. The summed E-state index contributed by atoms with van der Waals surface area (Å²) in [6, 6.07) is 61.8. The Labute approximate surface area is 310 Å². The van der Waals surface area contributed by atoms with Crippen LogP contribution in [-0.4, -0.2) is 0 Å². The molecule has 0 N–H and O–H groups in total. The second-order valence-electron chi connectivity index (χ2n) is 13.3. The molecule has 10 aromatic rings. The van der Waals surface area contributed by atoms with Crippen LogP contribution in [-0.2, 0) is 0 Å². The first-order chi connectivity index (χ1) is 26.7. The Morgan fingerprint density at radius 2 is 0.833 bits per heavy atom. The van der Waals surface area contributed by atoms with Crippen LogP contribution in [0.4, 0.5) is 34.1 Å². The lowest BCUT2D eigenvalue weighted by molar-refractivity contribution is 0.360. The van der Waals surface area contributed by atoms with Crippen LogP contribution < -0.4 is 19.3 Å².